The van der Waals surface area contributed by atoms with Gasteiger partial charge >= 0.3 is 0 Å². The summed E-state index contributed by atoms with van der Waals surface area (Å²) in [6.45, 7) is 3.47. The van der Waals surface area contributed by atoms with E-state index in [2.05, 4.69) is 11.8 Å². The summed E-state index contributed by atoms with van der Waals surface area (Å²) in [5, 5.41) is 0. The van der Waals surface area contributed by atoms with E-state index in [9.17, 15) is 4.79 Å². The van der Waals surface area contributed by atoms with Gasteiger partial charge in [-0.3, -0.25) is 9.69 Å². The number of nitrogens with zero attached hydrogens (tertiary/aromatic N) is 1. The molecule has 0 aromatic carbocycles. The van der Waals surface area contributed by atoms with Crippen LogP contribution in [0.15, 0.2) is 0 Å². The fourth-order valence-corrected chi connectivity index (χ4v) is 4.67. The molecule has 0 radical (unpaired) electrons. The van der Waals surface area contributed by atoms with Gasteiger partial charge in [-0.2, -0.15) is 0 Å². The Morgan fingerprint density at radius 1 is 1.41 bits per heavy atom. The maximum atomic E-state index is 12.3. The van der Waals surface area contributed by atoms with Crippen LogP contribution in [0.3, 0.4) is 0 Å². The second-order valence-corrected chi connectivity index (χ2v) is 6.37. The number of piperidine rings is 2. The molecule has 5 fully saturated rings. The molecule has 5 aliphatic rings. The van der Waals surface area contributed by atoms with Gasteiger partial charge < -0.3 is 4.74 Å². The van der Waals surface area contributed by atoms with Crippen molar-refractivity contribution in [3.05, 3.63) is 0 Å². The quantitative estimate of drug-likeness (QED) is 0.650. The Labute approximate surface area is 102 Å². The van der Waals surface area contributed by atoms with Gasteiger partial charge in [-0.05, 0) is 31.1 Å². The van der Waals surface area contributed by atoms with Gasteiger partial charge in [0.1, 0.15) is 12.0 Å². The van der Waals surface area contributed by atoms with Crippen LogP contribution in [0.1, 0.15) is 39.0 Å². The molecule has 7 atom stereocenters. The van der Waals surface area contributed by atoms with E-state index in [0.717, 1.165) is 31.1 Å². The zero-order valence-corrected chi connectivity index (χ0v) is 10.5. The summed E-state index contributed by atoms with van der Waals surface area (Å²) < 4.78 is 5.79. The van der Waals surface area contributed by atoms with Crippen LogP contribution in [-0.2, 0) is 9.53 Å². The Hall–Kier alpha value is -0.410. The summed E-state index contributed by atoms with van der Waals surface area (Å²) in [4.78, 5) is 14.9. The first kappa shape index (κ1) is 10.5. The number of ketones is 1. The Kier molecular flexibility index (Phi) is 2.19. The number of hydrogen-bond acceptors (Lipinski definition) is 3. The summed E-state index contributed by atoms with van der Waals surface area (Å²) >= 11 is 0. The van der Waals surface area contributed by atoms with E-state index in [1.165, 1.54) is 19.4 Å². The van der Waals surface area contributed by atoms with Crippen molar-refractivity contribution in [2.75, 3.05) is 6.54 Å². The van der Waals surface area contributed by atoms with Gasteiger partial charge in [0.25, 0.3) is 0 Å². The average Bonchev–Trinajstić information content (AvgIpc) is 3.13. The fraction of sp³-hybridized carbons (Fsp3) is 0.929. The Bertz CT molecular complexity index is 356. The molecule has 94 valence electrons. The SMILES string of the molecule is CCC1CC2CC3C(=O)CCC4OC4N(C2)C13. The minimum absolute atomic E-state index is 0.331. The lowest BCUT2D eigenvalue weighted by molar-refractivity contribution is -0.137. The molecule has 1 saturated carbocycles. The Morgan fingerprint density at radius 2 is 2.29 bits per heavy atom. The van der Waals surface area contributed by atoms with Gasteiger partial charge in [-0.25, -0.2) is 0 Å². The van der Waals surface area contributed by atoms with Gasteiger partial charge in [-0.1, -0.05) is 13.3 Å². The highest BCUT2D eigenvalue weighted by Crippen LogP contribution is 2.50. The largest absolute Gasteiger partial charge is 0.353 e. The van der Waals surface area contributed by atoms with Gasteiger partial charge in [0.05, 0.1) is 6.10 Å². The fourth-order valence-electron chi connectivity index (χ4n) is 4.67. The first-order valence-electron chi connectivity index (χ1n) is 7.22. The lowest BCUT2D eigenvalue weighted by atomic mass is 9.64. The number of fused-ring (bicyclic) bond motifs is 2. The number of Topliss-reactive ketones (excluding diaryl/α,β-unsaturated/α-hetero) is 1. The predicted octanol–water partition coefficient (Wildman–Crippen LogP) is 1.81. The molecular formula is C14H21NO2. The first-order valence-corrected chi connectivity index (χ1v) is 7.22. The lowest BCUT2D eigenvalue weighted by Gasteiger charge is -2.53. The highest BCUT2D eigenvalue weighted by atomic mass is 16.6. The first-order chi connectivity index (χ1) is 8.28. The van der Waals surface area contributed by atoms with Crippen LogP contribution < -0.4 is 0 Å². The molecule has 0 aromatic heterocycles. The van der Waals surface area contributed by atoms with E-state index in [4.69, 9.17) is 4.74 Å². The second-order valence-electron chi connectivity index (χ2n) is 6.37. The van der Waals surface area contributed by atoms with Crippen LogP contribution in [0.4, 0.5) is 0 Å². The highest BCUT2D eigenvalue weighted by Gasteiger charge is 2.57. The smallest absolute Gasteiger partial charge is 0.138 e. The third-order valence-corrected chi connectivity index (χ3v) is 5.47. The number of carbonyl (C=O) groups excluding carboxylic acids is 1. The van der Waals surface area contributed by atoms with E-state index in [1.54, 1.807) is 0 Å². The summed E-state index contributed by atoms with van der Waals surface area (Å²) in [6.07, 6.45) is 6.19. The number of hydrogen-bond donors (Lipinski definition) is 0. The van der Waals surface area contributed by atoms with Crippen LogP contribution in [0, 0.1) is 17.8 Å². The maximum absolute atomic E-state index is 12.3. The lowest BCUT2D eigenvalue weighted by Crippen LogP contribution is -2.61. The topological polar surface area (TPSA) is 32.8 Å². The molecule has 7 unspecified atom stereocenters. The van der Waals surface area contributed by atoms with E-state index < -0.39 is 0 Å². The molecule has 4 bridgehead atoms. The van der Waals surface area contributed by atoms with Gasteiger partial charge in [-0.15, -0.1) is 0 Å². The molecule has 17 heavy (non-hydrogen) atoms. The van der Waals surface area contributed by atoms with E-state index in [-0.39, 0.29) is 0 Å². The molecule has 0 N–H and O–H groups in total. The van der Waals surface area contributed by atoms with E-state index in [1.807, 2.05) is 0 Å². The second kappa shape index (κ2) is 3.55. The van der Waals surface area contributed by atoms with Crippen LogP contribution in [0.5, 0.6) is 0 Å². The summed E-state index contributed by atoms with van der Waals surface area (Å²) in [5.41, 5.74) is 0. The molecule has 1 aliphatic carbocycles. The van der Waals surface area contributed by atoms with Crippen molar-refractivity contribution in [3.8, 4) is 0 Å². The minimum atomic E-state index is 0.331. The van der Waals surface area contributed by atoms with E-state index in [0.29, 0.717) is 30.1 Å². The Morgan fingerprint density at radius 3 is 3.12 bits per heavy atom. The normalized spacial score (nSPS) is 56.1. The zero-order chi connectivity index (χ0) is 11.6. The highest BCUT2D eigenvalue weighted by molar-refractivity contribution is 5.82. The average molecular weight is 235 g/mol. The van der Waals surface area contributed by atoms with Crippen molar-refractivity contribution < 1.29 is 9.53 Å². The maximum Gasteiger partial charge on any atom is 0.138 e. The summed E-state index contributed by atoms with van der Waals surface area (Å²) in [6, 6.07) is 0.507. The van der Waals surface area contributed by atoms with Crippen molar-refractivity contribution in [2.45, 2.75) is 57.4 Å². The molecule has 4 aliphatic heterocycles. The molecule has 5 rings (SSSR count). The molecule has 0 spiro atoms. The van der Waals surface area contributed by atoms with E-state index >= 15 is 0 Å². The monoisotopic (exact) mass is 235 g/mol. The van der Waals surface area contributed by atoms with Crippen molar-refractivity contribution in [3.63, 3.8) is 0 Å². The predicted molar refractivity (Wildman–Crippen MR) is 63.4 cm³/mol. The van der Waals surface area contributed by atoms with Crippen LogP contribution in [0.25, 0.3) is 0 Å². The van der Waals surface area contributed by atoms with Crippen LogP contribution in [0.2, 0.25) is 0 Å². The van der Waals surface area contributed by atoms with Crippen molar-refractivity contribution >= 4 is 5.78 Å². The Balaban J connectivity index is 1.70. The van der Waals surface area contributed by atoms with Crippen molar-refractivity contribution in [1.29, 1.82) is 0 Å². The molecule has 3 heteroatoms. The number of rotatable bonds is 1. The van der Waals surface area contributed by atoms with Gasteiger partial charge in [0.2, 0.25) is 0 Å². The van der Waals surface area contributed by atoms with Crippen LogP contribution >= 0.6 is 0 Å². The molecule has 0 aromatic rings. The zero-order valence-electron chi connectivity index (χ0n) is 10.5. The third-order valence-electron chi connectivity index (χ3n) is 5.47. The number of carbonyl (C=O) groups is 1. The molecule has 4 heterocycles. The van der Waals surface area contributed by atoms with Gasteiger partial charge in [0.15, 0.2) is 0 Å². The molecule has 4 saturated heterocycles. The van der Waals surface area contributed by atoms with Gasteiger partial charge in [0, 0.05) is 24.9 Å². The van der Waals surface area contributed by atoms with Crippen molar-refractivity contribution in [2.24, 2.45) is 17.8 Å². The molecular weight excluding hydrogens is 214 g/mol. The molecule has 0 amide bonds. The molecule has 3 nitrogen and oxygen atoms in total. The summed E-state index contributed by atoms with van der Waals surface area (Å²) in [5.74, 6) is 2.34. The standard InChI is InChI=1S/C14H21NO2/c1-2-9-5-8-6-10-11(16)3-4-12-14(17-12)15(7-8)13(9)10/h8-10,12-14H,2-7H2,1H3. The van der Waals surface area contributed by atoms with Crippen molar-refractivity contribution in [1.82, 2.24) is 4.90 Å². The number of ether oxygens (including phenoxy) is 1. The summed E-state index contributed by atoms with van der Waals surface area (Å²) in [7, 11) is 0. The number of epoxide rings is 1. The van der Waals surface area contributed by atoms with Crippen LogP contribution in [-0.4, -0.2) is 35.6 Å². The minimum Gasteiger partial charge on any atom is -0.353 e. The third kappa shape index (κ3) is 1.45.